The fraction of sp³-hybridized carbons (Fsp3) is 0. The summed E-state index contributed by atoms with van der Waals surface area (Å²) in [6, 6.07) is 9.50. The van der Waals surface area contributed by atoms with E-state index in [1.165, 1.54) is 12.4 Å². The number of nitrogens with two attached hydrogens (primary N) is 1. The van der Waals surface area contributed by atoms with Gasteiger partial charge in [-0.2, -0.15) is 0 Å². The Morgan fingerprint density at radius 2 is 2.00 bits per heavy atom. The molecule has 104 valence electrons. The standard InChI is InChI=1S/C14H12N6O/c15-20-13-8-16-7-12(19-13)14(21)18-10-5-9-3-1-2-4-11(9)17-6-10/h1-8H,15H2,(H,18,21)(H,19,20). The number of benzene rings is 1. The molecule has 4 N–H and O–H groups in total. The van der Waals surface area contributed by atoms with Gasteiger partial charge in [0.05, 0.1) is 29.8 Å². The molecule has 0 aliphatic carbocycles. The molecule has 0 saturated carbocycles. The van der Waals surface area contributed by atoms with Crippen LogP contribution in [0.1, 0.15) is 10.5 Å². The summed E-state index contributed by atoms with van der Waals surface area (Å²) >= 11 is 0. The molecule has 7 nitrogen and oxygen atoms in total. The number of nitrogens with zero attached hydrogens (tertiary/aromatic N) is 3. The van der Waals surface area contributed by atoms with Crippen LogP contribution in [-0.4, -0.2) is 20.9 Å². The first-order chi connectivity index (χ1) is 10.3. The maximum atomic E-state index is 12.1. The van der Waals surface area contributed by atoms with Gasteiger partial charge in [0.25, 0.3) is 5.91 Å². The minimum absolute atomic E-state index is 0.165. The van der Waals surface area contributed by atoms with Crippen LogP contribution in [0, 0.1) is 0 Å². The van der Waals surface area contributed by atoms with Crippen LogP contribution in [0.25, 0.3) is 10.9 Å². The van der Waals surface area contributed by atoms with E-state index in [1.807, 2.05) is 30.3 Å². The summed E-state index contributed by atoms with van der Waals surface area (Å²) in [5.41, 5.74) is 3.96. The third-order valence-electron chi connectivity index (χ3n) is 2.86. The first-order valence-corrected chi connectivity index (χ1v) is 6.21. The van der Waals surface area contributed by atoms with Crippen molar-refractivity contribution in [2.24, 2.45) is 5.84 Å². The Balaban J connectivity index is 1.85. The van der Waals surface area contributed by atoms with E-state index < -0.39 is 0 Å². The summed E-state index contributed by atoms with van der Waals surface area (Å²) in [6.07, 6.45) is 4.39. The average Bonchev–Trinajstić information content (AvgIpc) is 2.54. The predicted octanol–water partition coefficient (Wildman–Crippen LogP) is 1.56. The van der Waals surface area contributed by atoms with Crippen LogP contribution in [0.2, 0.25) is 0 Å². The van der Waals surface area contributed by atoms with Gasteiger partial charge in [0.1, 0.15) is 5.69 Å². The van der Waals surface area contributed by atoms with E-state index in [0.717, 1.165) is 10.9 Å². The molecule has 1 aromatic carbocycles. The molecule has 1 amide bonds. The predicted molar refractivity (Wildman–Crippen MR) is 79.5 cm³/mol. The molecule has 2 aromatic heterocycles. The van der Waals surface area contributed by atoms with Gasteiger partial charge in [-0.3, -0.25) is 14.8 Å². The number of carbonyl (C=O) groups excluding carboxylic acids is 1. The highest BCUT2D eigenvalue weighted by Gasteiger charge is 2.09. The van der Waals surface area contributed by atoms with Crippen molar-refractivity contribution >= 4 is 28.3 Å². The number of hydrogen-bond donors (Lipinski definition) is 3. The van der Waals surface area contributed by atoms with Gasteiger partial charge in [0, 0.05) is 5.39 Å². The number of nitrogen functional groups attached to an aromatic ring is 1. The Labute approximate surface area is 120 Å². The SMILES string of the molecule is NNc1cncc(C(=O)Nc2cnc3ccccc3c2)n1. The van der Waals surface area contributed by atoms with Crippen LogP contribution < -0.4 is 16.6 Å². The number of para-hydroxylation sites is 1. The maximum Gasteiger partial charge on any atom is 0.275 e. The highest BCUT2D eigenvalue weighted by molar-refractivity contribution is 6.03. The third-order valence-corrected chi connectivity index (χ3v) is 2.86. The number of hydrazine groups is 1. The van der Waals surface area contributed by atoms with E-state index in [2.05, 4.69) is 25.7 Å². The molecule has 0 aliphatic rings. The van der Waals surface area contributed by atoms with Crippen molar-refractivity contribution < 1.29 is 4.79 Å². The molecule has 0 fully saturated rings. The van der Waals surface area contributed by atoms with Gasteiger partial charge in [-0.1, -0.05) is 18.2 Å². The minimum atomic E-state index is -0.378. The lowest BCUT2D eigenvalue weighted by atomic mass is 10.2. The summed E-state index contributed by atoms with van der Waals surface area (Å²) in [4.78, 5) is 24.3. The molecule has 3 rings (SSSR count). The van der Waals surface area contributed by atoms with E-state index in [-0.39, 0.29) is 11.6 Å². The number of anilines is 2. The van der Waals surface area contributed by atoms with E-state index in [9.17, 15) is 4.79 Å². The van der Waals surface area contributed by atoms with Crippen molar-refractivity contribution in [3.05, 3.63) is 54.6 Å². The van der Waals surface area contributed by atoms with Crippen molar-refractivity contribution in [2.75, 3.05) is 10.7 Å². The molecular weight excluding hydrogens is 268 g/mol. The monoisotopic (exact) mass is 280 g/mol. The Bertz CT molecular complexity index is 804. The van der Waals surface area contributed by atoms with Gasteiger partial charge in [-0.05, 0) is 12.1 Å². The van der Waals surface area contributed by atoms with Crippen molar-refractivity contribution in [3.8, 4) is 0 Å². The molecule has 3 aromatic rings. The van der Waals surface area contributed by atoms with Crippen LogP contribution in [0.4, 0.5) is 11.5 Å². The first-order valence-electron chi connectivity index (χ1n) is 6.21. The highest BCUT2D eigenvalue weighted by Crippen LogP contribution is 2.16. The van der Waals surface area contributed by atoms with Crippen molar-refractivity contribution in [3.63, 3.8) is 0 Å². The minimum Gasteiger partial charge on any atom is -0.319 e. The molecule has 0 aliphatic heterocycles. The summed E-state index contributed by atoms with van der Waals surface area (Å²) in [5.74, 6) is 5.18. The topological polar surface area (TPSA) is 106 Å². The van der Waals surface area contributed by atoms with Gasteiger partial charge in [0.2, 0.25) is 0 Å². The lowest BCUT2D eigenvalue weighted by molar-refractivity contribution is 0.102. The second-order valence-corrected chi connectivity index (χ2v) is 4.30. The molecule has 0 saturated heterocycles. The smallest absolute Gasteiger partial charge is 0.275 e. The van der Waals surface area contributed by atoms with Gasteiger partial charge in [-0.25, -0.2) is 10.8 Å². The summed E-state index contributed by atoms with van der Waals surface area (Å²) in [6.45, 7) is 0. The molecule has 0 unspecified atom stereocenters. The van der Waals surface area contributed by atoms with Crippen molar-refractivity contribution in [2.45, 2.75) is 0 Å². The van der Waals surface area contributed by atoms with Crippen LogP contribution in [0.5, 0.6) is 0 Å². The maximum absolute atomic E-state index is 12.1. The number of pyridine rings is 1. The van der Waals surface area contributed by atoms with E-state index >= 15 is 0 Å². The normalized spacial score (nSPS) is 10.3. The Morgan fingerprint density at radius 3 is 2.86 bits per heavy atom. The number of nitrogens with one attached hydrogen (secondary N) is 2. The van der Waals surface area contributed by atoms with Crippen LogP contribution in [-0.2, 0) is 0 Å². The van der Waals surface area contributed by atoms with Crippen molar-refractivity contribution in [1.82, 2.24) is 15.0 Å². The number of carbonyl (C=O) groups is 1. The number of hydrogen-bond acceptors (Lipinski definition) is 6. The van der Waals surface area contributed by atoms with Crippen molar-refractivity contribution in [1.29, 1.82) is 0 Å². The zero-order valence-corrected chi connectivity index (χ0v) is 10.9. The van der Waals surface area contributed by atoms with Crippen LogP contribution in [0.3, 0.4) is 0 Å². The number of fused-ring (bicyclic) bond motifs is 1. The Kier molecular flexibility index (Phi) is 3.40. The van der Waals surface area contributed by atoms with E-state index in [0.29, 0.717) is 11.5 Å². The van der Waals surface area contributed by atoms with Crippen LogP contribution in [0.15, 0.2) is 48.9 Å². The fourth-order valence-corrected chi connectivity index (χ4v) is 1.88. The fourth-order valence-electron chi connectivity index (χ4n) is 1.88. The molecule has 21 heavy (non-hydrogen) atoms. The number of aromatic nitrogens is 3. The van der Waals surface area contributed by atoms with Gasteiger partial charge < -0.3 is 10.7 Å². The van der Waals surface area contributed by atoms with Gasteiger partial charge in [0.15, 0.2) is 5.82 Å². The molecule has 0 atom stereocenters. The lowest BCUT2D eigenvalue weighted by Gasteiger charge is -2.06. The largest absolute Gasteiger partial charge is 0.319 e. The summed E-state index contributed by atoms with van der Waals surface area (Å²) in [5, 5.41) is 3.67. The average molecular weight is 280 g/mol. The third kappa shape index (κ3) is 2.77. The Hall–Kier alpha value is -3.06. The molecule has 0 radical (unpaired) electrons. The highest BCUT2D eigenvalue weighted by atomic mass is 16.1. The van der Waals surface area contributed by atoms with Gasteiger partial charge >= 0.3 is 0 Å². The number of amides is 1. The summed E-state index contributed by atoms with van der Waals surface area (Å²) in [7, 11) is 0. The second kappa shape index (κ2) is 5.51. The number of rotatable bonds is 3. The molecule has 0 bridgehead atoms. The summed E-state index contributed by atoms with van der Waals surface area (Å²) < 4.78 is 0. The van der Waals surface area contributed by atoms with E-state index in [1.54, 1.807) is 6.20 Å². The molecule has 2 heterocycles. The quantitative estimate of drug-likeness (QED) is 0.496. The zero-order chi connectivity index (χ0) is 14.7. The zero-order valence-electron chi connectivity index (χ0n) is 10.9. The van der Waals surface area contributed by atoms with E-state index in [4.69, 9.17) is 5.84 Å². The molecule has 0 spiro atoms. The Morgan fingerprint density at radius 1 is 1.14 bits per heavy atom. The second-order valence-electron chi connectivity index (χ2n) is 4.30. The molecular formula is C14H12N6O. The van der Waals surface area contributed by atoms with Crippen LogP contribution >= 0.6 is 0 Å². The molecule has 7 heteroatoms. The first kappa shape index (κ1) is 12.9. The lowest BCUT2D eigenvalue weighted by Crippen LogP contribution is -2.16. The van der Waals surface area contributed by atoms with Gasteiger partial charge in [-0.15, -0.1) is 0 Å².